The lowest BCUT2D eigenvalue weighted by atomic mass is 10.2. The number of methoxy groups -OCH3 is 1. The molecule has 68 valence electrons. The number of pyridine rings is 1. The smallest absolute Gasteiger partial charge is 0.215 e. The molecule has 0 spiro atoms. The highest BCUT2D eigenvalue weighted by atomic mass is 35.5. The Bertz CT molecular complexity index is 352. The highest BCUT2D eigenvalue weighted by Crippen LogP contribution is 2.13. The molecule has 0 saturated carbocycles. The third-order valence-electron chi connectivity index (χ3n) is 1.52. The molecule has 1 heterocycles. The molecule has 0 unspecified atom stereocenters. The zero-order chi connectivity index (χ0) is 9.68. The van der Waals surface area contributed by atoms with Crippen molar-refractivity contribution >= 4 is 11.6 Å². The van der Waals surface area contributed by atoms with Crippen molar-refractivity contribution in [3.05, 3.63) is 23.4 Å². The minimum Gasteiger partial charge on any atom is -0.481 e. The molecule has 0 amide bonds. The van der Waals surface area contributed by atoms with Gasteiger partial charge in [-0.1, -0.05) is 11.8 Å². The van der Waals surface area contributed by atoms with E-state index in [1.165, 1.54) is 0 Å². The number of halogens is 1. The van der Waals surface area contributed by atoms with Gasteiger partial charge < -0.3 is 4.74 Å². The molecule has 2 nitrogen and oxygen atoms in total. The molecule has 0 bridgehead atoms. The zero-order valence-corrected chi connectivity index (χ0v) is 8.35. The number of hydrogen-bond acceptors (Lipinski definition) is 2. The van der Waals surface area contributed by atoms with Crippen molar-refractivity contribution in [1.29, 1.82) is 0 Å². The Balaban J connectivity index is 2.96. The van der Waals surface area contributed by atoms with Crippen LogP contribution in [0.1, 0.15) is 11.1 Å². The summed E-state index contributed by atoms with van der Waals surface area (Å²) in [6.45, 7) is 1.93. The lowest BCUT2D eigenvalue weighted by molar-refractivity contribution is 0.394. The van der Waals surface area contributed by atoms with Crippen LogP contribution in [0.3, 0.4) is 0 Å². The summed E-state index contributed by atoms with van der Waals surface area (Å²) in [4.78, 5) is 4.08. The van der Waals surface area contributed by atoms with Crippen molar-refractivity contribution < 1.29 is 4.74 Å². The number of alkyl halides is 1. The van der Waals surface area contributed by atoms with Crippen LogP contribution in [0.2, 0.25) is 0 Å². The third-order valence-corrected chi connectivity index (χ3v) is 1.66. The molecule has 0 aromatic carbocycles. The Kier molecular flexibility index (Phi) is 3.60. The lowest BCUT2D eigenvalue weighted by Crippen LogP contribution is -1.91. The highest BCUT2D eigenvalue weighted by Gasteiger charge is 1.98. The van der Waals surface area contributed by atoms with Crippen LogP contribution >= 0.6 is 11.6 Å². The average Bonchev–Trinajstić information content (AvgIpc) is 2.15. The lowest BCUT2D eigenvalue weighted by Gasteiger charge is -2.01. The molecule has 0 aliphatic carbocycles. The summed E-state index contributed by atoms with van der Waals surface area (Å²) < 4.78 is 5.02. The average molecular weight is 196 g/mol. The van der Waals surface area contributed by atoms with Gasteiger partial charge in [-0.15, -0.1) is 11.6 Å². The Hall–Kier alpha value is -1.20. The second-order valence-corrected chi connectivity index (χ2v) is 2.75. The number of aryl methyl sites for hydroxylation is 1. The van der Waals surface area contributed by atoms with E-state index in [-0.39, 0.29) is 0 Å². The molecule has 0 N–H and O–H groups in total. The van der Waals surface area contributed by atoms with E-state index < -0.39 is 0 Å². The van der Waals surface area contributed by atoms with Crippen LogP contribution in [0.25, 0.3) is 0 Å². The predicted octanol–water partition coefficient (Wildman–Crippen LogP) is 1.99. The standard InChI is InChI=1S/C10H10ClNO/c1-8-6-9(4-3-5-11)7-12-10(8)13-2/h6-7H,5H2,1-2H3. The maximum atomic E-state index is 5.43. The zero-order valence-electron chi connectivity index (χ0n) is 7.60. The summed E-state index contributed by atoms with van der Waals surface area (Å²) in [6.07, 6.45) is 1.67. The first-order valence-corrected chi connectivity index (χ1v) is 4.37. The van der Waals surface area contributed by atoms with Gasteiger partial charge in [0.15, 0.2) is 0 Å². The molecule has 1 aromatic rings. The normalized spacial score (nSPS) is 8.85. The van der Waals surface area contributed by atoms with Gasteiger partial charge in [-0.25, -0.2) is 4.98 Å². The summed E-state index contributed by atoms with van der Waals surface area (Å²) in [5, 5.41) is 0. The van der Waals surface area contributed by atoms with Crippen LogP contribution in [0.5, 0.6) is 5.88 Å². The van der Waals surface area contributed by atoms with E-state index in [4.69, 9.17) is 16.3 Å². The fourth-order valence-corrected chi connectivity index (χ4v) is 1.05. The summed E-state index contributed by atoms with van der Waals surface area (Å²) in [5.41, 5.74) is 1.84. The van der Waals surface area contributed by atoms with Gasteiger partial charge in [0.05, 0.1) is 13.0 Å². The number of ether oxygens (including phenoxy) is 1. The molecule has 0 radical (unpaired) electrons. The first kappa shape index (κ1) is 9.88. The van der Waals surface area contributed by atoms with Crippen molar-refractivity contribution in [3.8, 4) is 17.7 Å². The van der Waals surface area contributed by atoms with Gasteiger partial charge in [-0.3, -0.25) is 0 Å². The Morgan fingerprint density at radius 1 is 1.62 bits per heavy atom. The van der Waals surface area contributed by atoms with E-state index in [0.717, 1.165) is 11.1 Å². The topological polar surface area (TPSA) is 22.1 Å². The van der Waals surface area contributed by atoms with Gasteiger partial charge in [-0.2, -0.15) is 0 Å². The predicted molar refractivity (Wildman–Crippen MR) is 53.1 cm³/mol. The minimum atomic E-state index is 0.338. The minimum absolute atomic E-state index is 0.338. The molecular formula is C10H10ClNO. The van der Waals surface area contributed by atoms with Gasteiger partial charge in [0, 0.05) is 17.3 Å². The van der Waals surface area contributed by atoms with Gasteiger partial charge in [0.1, 0.15) is 0 Å². The van der Waals surface area contributed by atoms with Crippen LogP contribution < -0.4 is 4.74 Å². The number of rotatable bonds is 1. The maximum Gasteiger partial charge on any atom is 0.215 e. The molecule has 1 aromatic heterocycles. The monoisotopic (exact) mass is 195 g/mol. The molecule has 0 aliphatic rings. The number of nitrogens with zero attached hydrogens (tertiary/aromatic N) is 1. The molecule has 0 saturated heterocycles. The quantitative estimate of drug-likeness (QED) is 0.505. The number of aromatic nitrogens is 1. The SMILES string of the molecule is COc1ncc(C#CCCl)cc1C. The molecule has 0 atom stereocenters. The van der Waals surface area contributed by atoms with Crippen molar-refractivity contribution in [3.63, 3.8) is 0 Å². The summed E-state index contributed by atoms with van der Waals surface area (Å²) in [6, 6.07) is 1.92. The van der Waals surface area contributed by atoms with Crippen LogP contribution in [0.4, 0.5) is 0 Å². The van der Waals surface area contributed by atoms with E-state index in [1.807, 2.05) is 13.0 Å². The van der Waals surface area contributed by atoms with Gasteiger partial charge >= 0.3 is 0 Å². The summed E-state index contributed by atoms with van der Waals surface area (Å²) in [7, 11) is 1.60. The Morgan fingerprint density at radius 2 is 2.38 bits per heavy atom. The summed E-state index contributed by atoms with van der Waals surface area (Å²) >= 11 is 5.43. The summed E-state index contributed by atoms with van der Waals surface area (Å²) in [5.74, 6) is 6.62. The van der Waals surface area contributed by atoms with E-state index in [0.29, 0.717) is 11.8 Å². The second kappa shape index (κ2) is 4.74. The van der Waals surface area contributed by atoms with Crippen LogP contribution in [0.15, 0.2) is 12.3 Å². The fourth-order valence-electron chi connectivity index (χ4n) is 0.980. The largest absolute Gasteiger partial charge is 0.481 e. The molecule has 3 heteroatoms. The molecular weight excluding hydrogens is 186 g/mol. The molecule has 1 rings (SSSR count). The number of hydrogen-bond donors (Lipinski definition) is 0. The van der Waals surface area contributed by atoms with Gasteiger partial charge in [-0.05, 0) is 13.0 Å². The first-order chi connectivity index (χ1) is 6.27. The van der Waals surface area contributed by atoms with Crippen molar-refractivity contribution in [2.45, 2.75) is 6.92 Å². The van der Waals surface area contributed by atoms with E-state index in [9.17, 15) is 0 Å². The second-order valence-electron chi connectivity index (χ2n) is 2.49. The fraction of sp³-hybridized carbons (Fsp3) is 0.300. The Morgan fingerprint density at radius 3 is 2.92 bits per heavy atom. The van der Waals surface area contributed by atoms with E-state index in [2.05, 4.69) is 16.8 Å². The van der Waals surface area contributed by atoms with Gasteiger partial charge in [0.2, 0.25) is 5.88 Å². The third kappa shape index (κ3) is 2.64. The van der Waals surface area contributed by atoms with Crippen LogP contribution in [0, 0.1) is 18.8 Å². The first-order valence-electron chi connectivity index (χ1n) is 3.83. The highest BCUT2D eigenvalue weighted by molar-refractivity contribution is 6.19. The Labute approximate surface area is 82.9 Å². The van der Waals surface area contributed by atoms with Crippen molar-refractivity contribution in [2.24, 2.45) is 0 Å². The van der Waals surface area contributed by atoms with Crippen LogP contribution in [-0.4, -0.2) is 18.0 Å². The molecule has 13 heavy (non-hydrogen) atoms. The molecule has 0 aliphatic heterocycles. The van der Waals surface area contributed by atoms with Crippen molar-refractivity contribution in [1.82, 2.24) is 4.98 Å². The van der Waals surface area contributed by atoms with Crippen molar-refractivity contribution in [2.75, 3.05) is 13.0 Å². The van der Waals surface area contributed by atoms with E-state index >= 15 is 0 Å². The molecule has 0 fully saturated rings. The van der Waals surface area contributed by atoms with E-state index in [1.54, 1.807) is 13.3 Å². The maximum absolute atomic E-state index is 5.43. The van der Waals surface area contributed by atoms with Crippen LogP contribution in [-0.2, 0) is 0 Å². The van der Waals surface area contributed by atoms with Gasteiger partial charge in [0.25, 0.3) is 0 Å².